The maximum atomic E-state index is 5.35. The summed E-state index contributed by atoms with van der Waals surface area (Å²) in [5, 5.41) is 7.70. The average molecular weight is 897 g/mol. The number of benzene rings is 8. The summed E-state index contributed by atoms with van der Waals surface area (Å²) < 4.78 is 1.14. The molecule has 13 rings (SSSR count). The summed E-state index contributed by atoms with van der Waals surface area (Å²) in [5.41, 5.74) is 18.3. The monoisotopic (exact) mass is 896 g/mol. The highest BCUT2D eigenvalue weighted by Crippen LogP contribution is 2.45. The molecule has 0 radical (unpaired) electrons. The van der Waals surface area contributed by atoms with Crippen LogP contribution in [0.25, 0.3) is 120 Å². The standard InChI is InChI=1S/C64H40N4S/c1-40-22-23-41-12-2-6-16-52(41)57(26-40)48-27-46(28-49(31-48)59-37-65-34-43-13-3-7-17-53(43)59)42-24-25-56(58(33-42)64-68-62-20-10-11-21-63(62)69-64)47-29-50(60-38-66-35-44-14-4-8-18-54(44)60)32-51(30-47)61-39-67-36-45-15-5-9-19-55(45)61/h2-39H,1H2. The number of rotatable bonds is 7. The van der Waals surface area contributed by atoms with Gasteiger partial charge in [0.2, 0.25) is 0 Å². The third-order valence-electron chi connectivity index (χ3n) is 13.4. The first-order valence-electron chi connectivity index (χ1n) is 23.1. The van der Waals surface area contributed by atoms with Crippen molar-refractivity contribution in [1.29, 1.82) is 0 Å². The van der Waals surface area contributed by atoms with Crippen molar-refractivity contribution in [3.8, 4) is 66.2 Å². The fraction of sp³-hybridized carbons (Fsp3) is 0. The van der Waals surface area contributed by atoms with Crippen molar-refractivity contribution in [2.24, 2.45) is 0 Å². The zero-order valence-corrected chi connectivity index (χ0v) is 38.2. The van der Waals surface area contributed by atoms with Crippen molar-refractivity contribution >= 4 is 65.5 Å². The molecule has 4 heterocycles. The topological polar surface area (TPSA) is 51.6 Å². The molecule has 0 N–H and O–H groups in total. The highest BCUT2D eigenvalue weighted by molar-refractivity contribution is 7.21. The Bertz CT molecular complexity index is 3970. The molecule has 69 heavy (non-hydrogen) atoms. The van der Waals surface area contributed by atoms with Crippen molar-refractivity contribution in [1.82, 2.24) is 19.9 Å². The Morgan fingerprint density at radius 3 is 1.49 bits per heavy atom. The highest BCUT2D eigenvalue weighted by Gasteiger charge is 2.20. The Balaban J connectivity index is 1.07. The largest absolute Gasteiger partial charge is 0.263 e. The van der Waals surface area contributed by atoms with Gasteiger partial charge in [0.05, 0.1) is 10.2 Å². The molecule has 0 bridgehead atoms. The van der Waals surface area contributed by atoms with Gasteiger partial charge in [-0.05, 0) is 144 Å². The molecule has 0 unspecified atom stereocenters. The van der Waals surface area contributed by atoms with Gasteiger partial charge in [0.15, 0.2) is 0 Å². The van der Waals surface area contributed by atoms with Gasteiger partial charge in [0.1, 0.15) is 5.01 Å². The SMILES string of the molecule is C=C1C=Cc2ccccc2C(c2cc(-c3ccc(-c4cc(-c5cncc6ccccc56)cc(-c5cncc6ccccc56)c4)c(-c4nc5ccccc5s4)c3)cc(-c3cncc4ccccc34)c2)=C1. The third-order valence-corrected chi connectivity index (χ3v) is 14.4. The number of fused-ring (bicyclic) bond motifs is 5. The number of para-hydroxylation sites is 1. The summed E-state index contributed by atoms with van der Waals surface area (Å²) in [4.78, 5) is 19.6. The van der Waals surface area contributed by atoms with Crippen molar-refractivity contribution in [2.45, 2.75) is 0 Å². The number of pyridine rings is 3. The van der Waals surface area contributed by atoms with Crippen LogP contribution in [0.5, 0.6) is 0 Å². The minimum atomic E-state index is 0.947. The van der Waals surface area contributed by atoms with Gasteiger partial charge in [0.25, 0.3) is 0 Å². The smallest absolute Gasteiger partial charge is 0.125 e. The van der Waals surface area contributed by atoms with E-state index in [1.165, 1.54) is 0 Å². The first-order valence-corrected chi connectivity index (χ1v) is 23.9. The van der Waals surface area contributed by atoms with Crippen LogP contribution in [-0.4, -0.2) is 19.9 Å². The summed E-state index contributed by atoms with van der Waals surface area (Å²) in [6.07, 6.45) is 18.3. The number of aromatic nitrogens is 4. The lowest BCUT2D eigenvalue weighted by molar-refractivity contribution is 1.36. The Morgan fingerprint density at radius 1 is 0.362 bits per heavy atom. The first-order chi connectivity index (χ1) is 34.1. The Labute approximate surface area is 403 Å². The van der Waals surface area contributed by atoms with E-state index in [-0.39, 0.29) is 0 Å². The van der Waals surface area contributed by atoms with Gasteiger partial charge in [-0.2, -0.15) is 0 Å². The summed E-state index contributed by atoms with van der Waals surface area (Å²) in [7, 11) is 0. The molecule has 5 heteroatoms. The van der Waals surface area contributed by atoms with Crippen LogP contribution in [0.15, 0.2) is 237 Å². The molecule has 1 aliphatic carbocycles. The molecule has 322 valence electrons. The lowest BCUT2D eigenvalue weighted by Crippen LogP contribution is -1.95. The molecule has 4 nitrogen and oxygen atoms in total. The molecular weight excluding hydrogens is 857 g/mol. The van der Waals surface area contributed by atoms with E-state index in [4.69, 9.17) is 19.9 Å². The highest BCUT2D eigenvalue weighted by atomic mass is 32.1. The molecule has 0 fully saturated rings. The van der Waals surface area contributed by atoms with Gasteiger partial charge in [-0.25, -0.2) is 4.98 Å². The summed E-state index contributed by atoms with van der Waals surface area (Å²) in [6.45, 7) is 4.43. The zero-order chi connectivity index (χ0) is 45.8. The molecular formula is C64H40N4S. The molecule has 4 aromatic heterocycles. The number of hydrogen-bond donors (Lipinski definition) is 0. The second kappa shape index (κ2) is 16.8. The van der Waals surface area contributed by atoms with Crippen LogP contribution in [0.2, 0.25) is 0 Å². The molecule has 0 spiro atoms. The van der Waals surface area contributed by atoms with E-state index in [2.05, 4.69) is 201 Å². The molecule has 0 atom stereocenters. The molecule has 12 aromatic rings. The second-order valence-electron chi connectivity index (χ2n) is 17.6. The first kappa shape index (κ1) is 40.4. The quantitative estimate of drug-likeness (QED) is 0.160. The fourth-order valence-electron chi connectivity index (χ4n) is 10.0. The predicted octanol–water partition coefficient (Wildman–Crippen LogP) is 17.0. The van der Waals surface area contributed by atoms with Crippen molar-refractivity contribution in [3.05, 3.63) is 254 Å². The predicted molar refractivity (Wildman–Crippen MR) is 290 cm³/mol. The normalized spacial score (nSPS) is 12.4. The van der Waals surface area contributed by atoms with E-state index >= 15 is 0 Å². The fourth-order valence-corrected chi connectivity index (χ4v) is 11.0. The zero-order valence-electron chi connectivity index (χ0n) is 37.3. The van der Waals surface area contributed by atoms with Crippen LogP contribution in [0, 0.1) is 0 Å². The van der Waals surface area contributed by atoms with Gasteiger partial charge in [-0.15, -0.1) is 11.3 Å². The average Bonchev–Trinajstić information content (AvgIpc) is 3.78. The van der Waals surface area contributed by atoms with Crippen LogP contribution < -0.4 is 0 Å². The molecule has 1 aliphatic rings. The summed E-state index contributed by atoms with van der Waals surface area (Å²) >= 11 is 1.72. The van der Waals surface area contributed by atoms with Gasteiger partial charge in [0, 0.05) is 75.6 Å². The number of nitrogens with zero attached hydrogens (tertiary/aromatic N) is 4. The van der Waals surface area contributed by atoms with E-state index in [1.54, 1.807) is 11.3 Å². The molecule has 8 aromatic carbocycles. The van der Waals surface area contributed by atoms with E-state index < -0.39 is 0 Å². The van der Waals surface area contributed by atoms with Crippen molar-refractivity contribution in [2.75, 3.05) is 0 Å². The van der Waals surface area contributed by atoms with E-state index in [0.717, 1.165) is 137 Å². The van der Waals surface area contributed by atoms with Crippen LogP contribution in [-0.2, 0) is 0 Å². The Hall–Kier alpha value is -8.90. The van der Waals surface area contributed by atoms with Gasteiger partial charge in [-0.1, -0.05) is 140 Å². The Kier molecular flexibility index (Phi) is 9.81. The van der Waals surface area contributed by atoms with Crippen LogP contribution in [0.4, 0.5) is 0 Å². The molecule has 0 aliphatic heterocycles. The van der Waals surface area contributed by atoms with Gasteiger partial charge < -0.3 is 0 Å². The minimum absolute atomic E-state index is 0.947. The second-order valence-corrected chi connectivity index (χ2v) is 18.7. The molecule has 0 saturated carbocycles. The number of hydrogen-bond acceptors (Lipinski definition) is 5. The maximum Gasteiger partial charge on any atom is 0.125 e. The summed E-state index contributed by atoms with van der Waals surface area (Å²) in [5.74, 6) is 0. The van der Waals surface area contributed by atoms with E-state index in [1.807, 2.05) is 37.2 Å². The van der Waals surface area contributed by atoms with Gasteiger partial charge >= 0.3 is 0 Å². The summed E-state index contributed by atoms with van der Waals surface area (Å²) in [6, 6.07) is 63.3. The number of allylic oxidation sites excluding steroid dienone is 3. The maximum absolute atomic E-state index is 5.35. The lowest BCUT2D eigenvalue weighted by atomic mass is 9.87. The van der Waals surface area contributed by atoms with Crippen molar-refractivity contribution in [3.63, 3.8) is 0 Å². The molecule has 0 amide bonds. The molecule has 0 saturated heterocycles. The minimum Gasteiger partial charge on any atom is -0.263 e. The Morgan fingerprint density at radius 2 is 0.870 bits per heavy atom. The van der Waals surface area contributed by atoms with Crippen LogP contribution >= 0.6 is 11.3 Å². The lowest BCUT2D eigenvalue weighted by Gasteiger charge is -2.18. The van der Waals surface area contributed by atoms with Crippen LogP contribution in [0.3, 0.4) is 0 Å². The van der Waals surface area contributed by atoms with Crippen molar-refractivity contribution < 1.29 is 0 Å². The van der Waals surface area contributed by atoms with E-state index in [0.29, 0.717) is 0 Å². The van der Waals surface area contributed by atoms with E-state index in [9.17, 15) is 0 Å². The van der Waals surface area contributed by atoms with Gasteiger partial charge in [-0.3, -0.25) is 15.0 Å². The third kappa shape index (κ3) is 7.33. The number of thiazole rings is 1. The van der Waals surface area contributed by atoms with Crippen LogP contribution in [0.1, 0.15) is 16.7 Å².